The summed E-state index contributed by atoms with van der Waals surface area (Å²) in [5.74, 6) is 0.887. The fourth-order valence-electron chi connectivity index (χ4n) is 2.38. The molecule has 0 spiro atoms. The Morgan fingerprint density at radius 3 is 2.25 bits per heavy atom. The van der Waals surface area contributed by atoms with Gasteiger partial charge in [0.25, 0.3) is 0 Å². The van der Waals surface area contributed by atoms with Crippen molar-refractivity contribution in [2.24, 2.45) is 0 Å². The lowest BCUT2D eigenvalue weighted by atomic mass is 9.95. The summed E-state index contributed by atoms with van der Waals surface area (Å²) < 4.78 is 5.28. The van der Waals surface area contributed by atoms with Crippen molar-refractivity contribution in [1.82, 2.24) is 0 Å². The second kappa shape index (κ2) is 5.91. The summed E-state index contributed by atoms with van der Waals surface area (Å²) in [6.45, 7) is 6.06. The zero-order chi connectivity index (χ0) is 14.7. The molecule has 2 aromatic rings. The van der Waals surface area contributed by atoms with Gasteiger partial charge in [0.2, 0.25) is 0 Å². The minimum absolute atomic E-state index is 0.126. The minimum Gasteiger partial charge on any atom is -0.496 e. The SMILES string of the molecule is COc1cc(C(=O)Cc2c(C)cccc2C)ccc1C. The molecule has 0 unspecified atom stereocenters. The Hall–Kier alpha value is -2.09. The summed E-state index contributed by atoms with van der Waals surface area (Å²) in [6, 6.07) is 11.7. The number of hydrogen-bond acceptors (Lipinski definition) is 2. The third kappa shape index (κ3) is 2.90. The minimum atomic E-state index is 0.126. The smallest absolute Gasteiger partial charge is 0.167 e. The molecule has 0 heterocycles. The molecule has 2 aromatic carbocycles. The van der Waals surface area contributed by atoms with Crippen molar-refractivity contribution in [2.45, 2.75) is 27.2 Å². The number of rotatable bonds is 4. The Bertz CT molecular complexity index is 622. The predicted molar refractivity (Wildman–Crippen MR) is 81.7 cm³/mol. The van der Waals surface area contributed by atoms with Crippen molar-refractivity contribution in [3.63, 3.8) is 0 Å². The lowest BCUT2D eigenvalue weighted by Crippen LogP contribution is -2.07. The summed E-state index contributed by atoms with van der Waals surface area (Å²) in [6.07, 6.45) is 0.435. The van der Waals surface area contributed by atoms with Crippen LogP contribution in [-0.2, 0) is 6.42 Å². The lowest BCUT2D eigenvalue weighted by molar-refractivity contribution is 0.0992. The fourth-order valence-corrected chi connectivity index (χ4v) is 2.38. The quantitative estimate of drug-likeness (QED) is 0.782. The van der Waals surface area contributed by atoms with Crippen LogP contribution in [0.3, 0.4) is 0 Å². The van der Waals surface area contributed by atoms with E-state index in [0.29, 0.717) is 12.0 Å². The number of methoxy groups -OCH3 is 1. The van der Waals surface area contributed by atoms with E-state index in [1.165, 1.54) is 0 Å². The monoisotopic (exact) mass is 268 g/mol. The van der Waals surface area contributed by atoms with E-state index in [4.69, 9.17) is 4.74 Å². The fraction of sp³-hybridized carbons (Fsp3) is 0.278. The first-order valence-electron chi connectivity index (χ1n) is 6.76. The molecule has 0 atom stereocenters. The molecule has 0 fully saturated rings. The molecule has 0 aliphatic carbocycles. The van der Waals surface area contributed by atoms with Crippen molar-refractivity contribution in [3.8, 4) is 5.75 Å². The Morgan fingerprint density at radius 2 is 1.65 bits per heavy atom. The highest BCUT2D eigenvalue weighted by Crippen LogP contribution is 2.21. The van der Waals surface area contributed by atoms with Gasteiger partial charge in [0.05, 0.1) is 7.11 Å². The summed E-state index contributed by atoms with van der Waals surface area (Å²) >= 11 is 0. The van der Waals surface area contributed by atoms with Gasteiger partial charge in [-0.1, -0.05) is 30.3 Å². The molecule has 2 rings (SSSR count). The van der Waals surface area contributed by atoms with Crippen LogP contribution in [0.15, 0.2) is 36.4 Å². The number of ether oxygens (including phenoxy) is 1. The largest absolute Gasteiger partial charge is 0.496 e. The Balaban J connectivity index is 2.29. The van der Waals surface area contributed by atoms with E-state index in [9.17, 15) is 4.79 Å². The number of hydrogen-bond donors (Lipinski definition) is 0. The van der Waals surface area contributed by atoms with E-state index >= 15 is 0 Å². The van der Waals surface area contributed by atoms with Crippen molar-refractivity contribution in [3.05, 3.63) is 64.2 Å². The van der Waals surface area contributed by atoms with E-state index < -0.39 is 0 Å². The third-order valence-electron chi connectivity index (χ3n) is 3.71. The number of carbonyl (C=O) groups excluding carboxylic acids is 1. The Labute approximate surface area is 120 Å². The highest BCUT2D eigenvalue weighted by atomic mass is 16.5. The summed E-state index contributed by atoms with van der Waals surface area (Å²) in [5, 5.41) is 0. The van der Waals surface area contributed by atoms with Crippen LogP contribution in [0.5, 0.6) is 5.75 Å². The van der Waals surface area contributed by atoms with Crippen LogP contribution in [0.4, 0.5) is 0 Å². The standard InChI is InChI=1S/C18H20O2/c1-12-6-5-7-13(2)16(12)11-17(19)15-9-8-14(3)18(10-15)20-4/h5-10H,11H2,1-4H3. The maximum atomic E-state index is 12.4. The van der Waals surface area contributed by atoms with E-state index in [2.05, 4.69) is 0 Å². The zero-order valence-electron chi connectivity index (χ0n) is 12.5. The van der Waals surface area contributed by atoms with Crippen molar-refractivity contribution < 1.29 is 9.53 Å². The maximum absolute atomic E-state index is 12.4. The summed E-state index contributed by atoms with van der Waals surface area (Å²) in [7, 11) is 1.63. The Morgan fingerprint density at radius 1 is 1.00 bits per heavy atom. The molecule has 0 aromatic heterocycles. The van der Waals surface area contributed by atoms with Crippen LogP contribution < -0.4 is 4.74 Å². The number of benzene rings is 2. The molecule has 0 saturated heterocycles. The molecular formula is C18H20O2. The molecule has 0 amide bonds. The van der Waals surface area contributed by atoms with Crippen LogP contribution in [-0.4, -0.2) is 12.9 Å². The summed E-state index contributed by atoms with van der Waals surface area (Å²) in [4.78, 5) is 12.4. The topological polar surface area (TPSA) is 26.3 Å². The number of carbonyl (C=O) groups is 1. The molecule has 0 bridgehead atoms. The lowest BCUT2D eigenvalue weighted by Gasteiger charge is -2.10. The van der Waals surface area contributed by atoms with Crippen molar-refractivity contribution in [2.75, 3.05) is 7.11 Å². The van der Waals surface area contributed by atoms with E-state index in [1.807, 2.05) is 57.2 Å². The van der Waals surface area contributed by atoms with Crippen LogP contribution in [0.2, 0.25) is 0 Å². The first-order valence-corrected chi connectivity index (χ1v) is 6.76. The van der Waals surface area contributed by atoms with Gasteiger partial charge in [0.1, 0.15) is 5.75 Å². The van der Waals surface area contributed by atoms with Crippen LogP contribution in [0.1, 0.15) is 32.6 Å². The van der Waals surface area contributed by atoms with Crippen molar-refractivity contribution in [1.29, 1.82) is 0 Å². The van der Waals surface area contributed by atoms with Gasteiger partial charge >= 0.3 is 0 Å². The maximum Gasteiger partial charge on any atom is 0.167 e. The predicted octanol–water partition coefficient (Wildman–Crippen LogP) is 4.05. The molecule has 0 aliphatic rings. The van der Waals surface area contributed by atoms with Gasteiger partial charge < -0.3 is 4.74 Å². The highest BCUT2D eigenvalue weighted by Gasteiger charge is 2.12. The average Bonchev–Trinajstić information content (AvgIpc) is 2.43. The van der Waals surface area contributed by atoms with Crippen LogP contribution in [0, 0.1) is 20.8 Å². The molecular weight excluding hydrogens is 248 g/mol. The number of Topliss-reactive ketones (excluding diaryl/α,β-unsaturated/α-hetero) is 1. The third-order valence-corrected chi connectivity index (χ3v) is 3.71. The van der Waals surface area contributed by atoms with Crippen LogP contribution >= 0.6 is 0 Å². The molecule has 0 saturated carbocycles. The van der Waals surface area contributed by atoms with Gasteiger partial charge in [-0.05, 0) is 49.1 Å². The van der Waals surface area contributed by atoms with E-state index in [0.717, 1.165) is 28.0 Å². The highest BCUT2D eigenvalue weighted by molar-refractivity contribution is 5.98. The molecule has 0 aliphatic heterocycles. The number of aryl methyl sites for hydroxylation is 3. The van der Waals surface area contributed by atoms with Gasteiger partial charge in [-0.3, -0.25) is 4.79 Å². The van der Waals surface area contributed by atoms with Gasteiger partial charge in [0.15, 0.2) is 5.78 Å². The van der Waals surface area contributed by atoms with Gasteiger partial charge in [-0.15, -0.1) is 0 Å². The molecule has 0 N–H and O–H groups in total. The van der Waals surface area contributed by atoms with Crippen molar-refractivity contribution >= 4 is 5.78 Å². The average molecular weight is 268 g/mol. The second-order valence-corrected chi connectivity index (χ2v) is 5.15. The summed E-state index contributed by atoms with van der Waals surface area (Å²) in [5.41, 5.74) is 5.19. The van der Waals surface area contributed by atoms with E-state index in [1.54, 1.807) is 7.11 Å². The van der Waals surface area contributed by atoms with Gasteiger partial charge in [-0.2, -0.15) is 0 Å². The van der Waals surface area contributed by atoms with E-state index in [-0.39, 0.29) is 5.78 Å². The molecule has 2 nitrogen and oxygen atoms in total. The molecule has 0 radical (unpaired) electrons. The first-order chi connectivity index (χ1) is 9.52. The zero-order valence-corrected chi connectivity index (χ0v) is 12.5. The van der Waals surface area contributed by atoms with Gasteiger partial charge in [-0.25, -0.2) is 0 Å². The van der Waals surface area contributed by atoms with Gasteiger partial charge in [0, 0.05) is 12.0 Å². The normalized spacial score (nSPS) is 10.4. The first kappa shape index (κ1) is 14.3. The number of ketones is 1. The molecule has 20 heavy (non-hydrogen) atoms. The molecule has 104 valence electrons. The van der Waals surface area contributed by atoms with Crippen LogP contribution in [0.25, 0.3) is 0 Å². The molecule has 2 heteroatoms. The second-order valence-electron chi connectivity index (χ2n) is 5.15. The Kier molecular flexibility index (Phi) is 4.23.